The van der Waals surface area contributed by atoms with E-state index in [4.69, 9.17) is 29.3 Å². The molecule has 0 radical (unpaired) electrons. The molecule has 2 atom stereocenters. The summed E-state index contributed by atoms with van der Waals surface area (Å²) in [6.45, 7) is 38.7. The predicted molar refractivity (Wildman–Crippen MR) is 471 cm³/mol. The SMILES string of the molecule is CCN1CCCN(c2ccc3cc(-c4cn5cc(C)ncc5n4)c(=O)oc3n2)CC1.CCN1CCCN(c2ccc3cc(-c4cn5cccc(Cl)c5n4)c(=O)oc3n2)CC1.CCN1CCN(c2ccc3cc(-c4cn5cc(C)nc(C)c5n4)c(=O)oc3n2)C[C@@H]1C.CCN1CCN(c2ccc3cc(-c4cn5cc(C)ncc5n4)c(=O)oc3n2)C[C@@H]1C. The topological polar surface area (TPSA) is 306 Å². The summed E-state index contributed by atoms with van der Waals surface area (Å²) >= 11 is 6.21. The van der Waals surface area contributed by atoms with Gasteiger partial charge in [-0.2, -0.15) is 19.9 Å². The normalized spacial score (nSPS) is 16.8. The molecule has 0 N–H and O–H groups in total. The number of aryl methyl sites for hydroxylation is 4. The van der Waals surface area contributed by atoms with Crippen molar-refractivity contribution in [2.45, 2.75) is 94.2 Å². The molecule has 0 saturated carbocycles. The average Bonchev–Trinajstić information content (AvgIpc) is 1.76. The number of likely N-dealkylation sites (N-methyl/N-ethyl adjacent to an activating group) is 4. The van der Waals surface area contributed by atoms with Crippen LogP contribution in [0.5, 0.6) is 0 Å². The first kappa shape index (κ1) is 80.7. The van der Waals surface area contributed by atoms with Crippen LogP contribution in [0, 0.1) is 27.7 Å². The van der Waals surface area contributed by atoms with E-state index in [2.05, 4.69) is 136 Å². The van der Waals surface area contributed by atoms with Gasteiger partial charge in [0, 0.05) is 162 Å². The molecule has 31 nitrogen and oxygen atoms in total. The fourth-order valence-electron chi connectivity index (χ4n) is 16.6. The van der Waals surface area contributed by atoms with Crippen molar-refractivity contribution in [3.8, 4) is 45.0 Å². The number of rotatable bonds is 12. The van der Waals surface area contributed by atoms with Crippen LogP contribution >= 0.6 is 11.6 Å². The van der Waals surface area contributed by atoms with E-state index >= 15 is 0 Å². The Balaban J connectivity index is 0.000000115. The second-order valence-corrected chi connectivity index (χ2v) is 31.7. The van der Waals surface area contributed by atoms with Crippen molar-refractivity contribution in [1.29, 1.82) is 0 Å². The Hall–Kier alpha value is -12.7. The number of fused-ring (bicyclic) bond motifs is 8. The molecule has 121 heavy (non-hydrogen) atoms. The number of pyridine rings is 5. The summed E-state index contributed by atoms with van der Waals surface area (Å²) in [5.74, 6) is 3.38. The monoisotopic (exact) mass is 1650 g/mol. The van der Waals surface area contributed by atoms with E-state index in [9.17, 15) is 19.2 Å². The van der Waals surface area contributed by atoms with Crippen molar-refractivity contribution < 1.29 is 17.7 Å². The summed E-state index contributed by atoms with van der Waals surface area (Å²) in [6, 6.07) is 27.6. The largest absolute Gasteiger partial charge is 0.403 e. The van der Waals surface area contributed by atoms with Gasteiger partial charge in [-0.3, -0.25) is 24.8 Å². The van der Waals surface area contributed by atoms with Crippen LogP contribution in [0.25, 0.3) is 112 Å². The third kappa shape index (κ3) is 17.2. The maximum atomic E-state index is 12.8. The van der Waals surface area contributed by atoms with E-state index in [0.29, 0.717) is 102 Å². The summed E-state index contributed by atoms with van der Waals surface area (Å²) in [5, 5.41) is 3.63. The second-order valence-electron chi connectivity index (χ2n) is 31.3. The highest BCUT2D eigenvalue weighted by atomic mass is 35.5. The first-order valence-corrected chi connectivity index (χ1v) is 41.9. The number of aromatic nitrogens is 15. The van der Waals surface area contributed by atoms with Crippen LogP contribution in [0.4, 0.5) is 23.3 Å². The minimum Gasteiger partial charge on any atom is -0.403 e. The maximum absolute atomic E-state index is 12.8. The van der Waals surface area contributed by atoms with Crippen LogP contribution in [-0.2, 0) is 0 Å². The Labute approximate surface area is 700 Å². The number of piperazine rings is 2. The van der Waals surface area contributed by atoms with Crippen LogP contribution in [0.2, 0.25) is 5.02 Å². The lowest BCUT2D eigenvalue weighted by Crippen LogP contribution is -2.51. The molecule has 16 aromatic heterocycles. The second kappa shape index (κ2) is 34.6. The van der Waals surface area contributed by atoms with Gasteiger partial charge in [0.05, 0.1) is 85.2 Å². The Bertz CT molecular complexity index is 6630. The molecule has 0 unspecified atom stereocenters. The van der Waals surface area contributed by atoms with Gasteiger partial charge in [-0.25, -0.2) is 39.1 Å². The van der Waals surface area contributed by atoms with Crippen LogP contribution in [0.15, 0.2) is 184 Å². The molecule has 4 fully saturated rings. The number of hydrogen-bond donors (Lipinski definition) is 0. The predicted octanol–water partition coefficient (Wildman–Crippen LogP) is 12.2. The molecule has 32 heteroatoms. The van der Waals surface area contributed by atoms with Crippen molar-refractivity contribution >= 4 is 102 Å². The van der Waals surface area contributed by atoms with Crippen LogP contribution in [0.3, 0.4) is 0 Å². The minimum absolute atomic E-state index is 0.347. The van der Waals surface area contributed by atoms with Gasteiger partial charge in [0.15, 0.2) is 22.6 Å². The maximum Gasteiger partial charge on any atom is 0.347 e. The van der Waals surface area contributed by atoms with Crippen molar-refractivity contribution in [2.24, 2.45) is 0 Å². The van der Waals surface area contributed by atoms with Gasteiger partial charge < -0.3 is 64.7 Å². The standard InChI is InChI=1S/C23H26N6O2.C22H22ClN5O2.2C22H24N6O2/c1-5-27-8-9-28(12-15(27)3)20-7-6-17-10-18(23(30)31-22(17)26-20)19-13-29-11-14(2)24-16(4)21(29)25-19;1-2-26-8-4-10-27(12-11-26)19-7-6-15-13-16(22(29)30-21(15)25-19)18-14-28-9-3-5-17(23)20(28)24-18;1-4-26-7-8-27(12-15(26)3)19-6-5-16-9-17(22(29)30-21(16)25-19)18-13-28-11-14(2)23-10-20(28)24-18;1-3-26-7-4-8-27(10-9-26)19-6-5-16-11-17(22(29)30-21(16)25-19)18-14-28-13-15(2)23-12-20(28)24-18/h6-7,10-11,13,15H,5,8-9,12H2,1-4H3;3,5-7,9,13-14H,2,4,8,10-12H2,1H3;5-6,9-11,13,15H,4,7-8,12H2,1-3H3;5-6,11-14H,3-4,7-10H2,1-2H3/t15-;;15-;/m0.0./s1. The molecule has 4 aliphatic rings. The minimum atomic E-state index is -0.459. The molecule has 0 spiro atoms. The van der Waals surface area contributed by atoms with Crippen molar-refractivity contribution in [2.75, 3.05) is 137 Å². The molecule has 16 aromatic rings. The lowest BCUT2D eigenvalue weighted by molar-refractivity contribution is 0.199. The smallest absolute Gasteiger partial charge is 0.347 e. The van der Waals surface area contributed by atoms with Crippen LogP contribution in [-0.4, -0.2) is 222 Å². The first-order chi connectivity index (χ1) is 58.7. The molecule has 0 amide bonds. The van der Waals surface area contributed by atoms with Gasteiger partial charge >= 0.3 is 22.5 Å². The first-order valence-electron chi connectivity index (χ1n) is 41.5. The van der Waals surface area contributed by atoms with E-state index in [1.807, 2.05) is 145 Å². The number of imidazole rings is 4. The molecule has 20 rings (SSSR count). The third-order valence-corrected chi connectivity index (χ3v) is 23.5. The van der Waals surface area contributed by atoms with Gasteiger partial charge in [-0.05, 0) is 179 Å². The van der Waals surface area contributed by atoms with Crippen LogP contribution < -0.4 is 42.1 Å². The Morgan fingerprint density at radius 3 is 1.14 bits per heavy atom. The lowest BCUT2D eigenvalue weighted by atomic mass is 10.1. The highest BCUT2D eigenvalue weighted by Gasteiger charge is 2.28. The quantitative estimate of drug-likeness (QED) is 0.110. The van der Waals surface area contributed by atoms with Crippen LogP contribution in [0.1, 0.15) is 77.2 Å². The fourth-order valence-corrected chi connectivity index (χ4v) is 16.8. The summed E-state index contributed by atoms with van der Waals surface area (Å²) in [4.78, 5) is 119. The molecule has 4 aliphatic heterocycles. The zero-order valence-corrected chi connectivity index (χ0v) is 70.3. The highest BCUT2D eigenvalue weighted by Crippen LogP contribution is 2.31. The van der Waals surface area contributed by atoms with Crippen molar-refractivity contribution in [3.05, 3.63) is 216 Å². The average molecular weight is 1650 g/mol. The zero-order valence-electron chi connectivity index (χ0n) is 69.6. The number of nitrogens with zero attached hydrogens (tertiary/aromatic N) is 23. The summed E-state index contributed by atoms with van der Waals surface area (Å²) < 4.78 is 29.8. The zero-order chi connectivity index (χ0) is 83.9. The Morgan fingerprint density at radius 1 is 0.372 bits per heavy atom. The Kier molecular flexibility index (Phi) is 23.1. The molecule has 4 saturated heterocycles. The molecular formula is C89H96ClN23O8. The summed E-state index contributed by atoms with van der Waals surface area (Å²) in [7, 11) is 0. The van der Waals surface area contributed by atoms with Crippen molar-refractivity contribution in [1.82, 2.24) is 92.0 Å². The molecule has 622 valence electrons. The third-order valence-electron chi connectivity index (χ3n) is 23.3. The number of anilines is 4. The van der Waals surface area contributed by atoms with Gasteiger partial charge in [-0.15, -0.1) is 0 Å². The fraction of sp³-hybridized carbons (Fsp3) is 0.360. The summed E-state index contributed by atoms with van der Waals surface area (Å²) in [6.07, 6.45) is 20.3. The van der Waals surface area contributed by atoms with E-state index in [-0.39, 0.29) is 0 Å². The van der Waals surface area contributed by atoms with E-state index in [1.54, 1.807) is 47.3 Å². The Morgan fingerprint density at radius 2 is 0.744 bits per heavy atom. The van der Waals surface area contributed by atoms with E-state index < -0.39 is 22.5 Å². The molecule has 0 bridgehead atoms. The van der Waals surface area contributed by atoms with Gasteiger partial charge in [0.1, 0.15) is 23.3 Å². The van der Waals surface area contributed by atoms with E-state index in [1.165, 1.54) is 0 Å². The van der Waals surface area contributed by atoms with E-state index in [0.717, 1.165) is 204 Å². The van der Waals surface area contributed by atoms with Gasteiger partial charge in [-0.1, -0.05) is 39.3 Å². The lowest BCUT2D eigenvalue weighted by Gasteiger charge is -2.39. The number of halogens is 1. The molecule has 20 heterocycles. The molecule has 0 aromatic carbocycles. The van der Waals surface area contributed by atoms with Gasteiger partial charge in [0.25, 0.3) is 0 Å². The number of hydrogen-bond acceptors (Lipinski definition) is 27. The van der Waals surface area contributed by atoms with Crippen molar-refractivity contribution in [3.63, 3.8) is 0 Å². The summed E-state index contributed by atoms with van der Waals surface area (Å²) in [5.41, 5.74) is 9.69. The molecule has 0 aliphatic carbocycles. The van der Waals surface area contributed by atoms with Gasteiger partial charge in [0.2, 0.25) is 22.9 Å². The molecular weight excluding hydrogens is 1550 g/mol. The highest BCUT2D eigenvalue weighted by molar-refractivity contribution is 6.33.